The Morgan fingerprint density at radius 1 is 1.21 bits per heavy atom. The predicted molar refractivity (Wildman–Crippen MR) is 125 cm³/mol. The number of likely N-dealkylation sites (tertiary alicyclic amines) is 1. The van der Waals surface area contributed by atoms with Crippen LogP contribution in [-0.2, 0) is 4.79 Å². The fraction of sp³-hybridized carbons (Fsp3) is 0.640. The number of amides is 2. The van der Waals surface area contributed by atoms with Gasteiger partial charge in [-0.05, 0) is 77.0 Å². The summed E-state index contributed by atoms with van der Waals surface area (Å²) in [5.74, 6) is 0.223. The largest absolute Gasteiger partial charge is 0.465 e. The first-order valence-corrected chi connectivity index (χ1v) is 12.1. The van der Waals surface area contributed by atoms with Crippen LogP contribution < -0.4 is 9.80 Å². The van der Waals surface area contributed by atoms with Crippen LogP contribution in [0.4, 0.5) is 16.2 Å². The smallest absolute Gasteiger partial charge is 0.412 e. The maximum Gasteiger partial charge on any atom is 0.412 e. The van der Waals surface area contributed by atoms with Crippen molar-refractivity contribution in [3.63, 3.8) is 0 Å². The van der Waals surface area contributed by atoms with Gasteiger partial charge in [-0.25, -0.2) is 4.79 Å². The minimum Gasteiger partial charge on any atom is -0.465 e. The van der Waals surface area contributed by atoms with Gasteiger partial charge in [0.05, 0.1) is 22.8 Å². The number of nitriles is 1. The van der Waals surface area contributed by atoms with Crippen LogP contribution in [0, 0.1) is 16.7 Å². The minimum absolute atomic E-state index is 0.223. The molecule has 3 fully saturated rings. The topological polar surface area (TPSA) is 108 Å². The van der Waals surface area contributed by atoms with Crippen molar-refractivity contribution in [2.24, 2.45) is 5.41 Å². The van der Waals surface area contributed by atoms with E-state index in [1.165, 1.54) is 4.90 Å². The molecule has 1 atom stereocenters. The van der Waals surface area contributed by atoms with Gasteiger partial charge in [0.2, 0.25) is 5.91 Å². The van der Waals surface area contributed by atoms with E-state index in [2.05, 4.69) is 15.9 Å². The molecule has 33 heavy (non-hydrogen) atoms. The Hall–Kier alpha value is -2.79. The van der Waals surface area contributed by atoms with Gasteiger partial charge in [-0.1, -0.05) is 0 Å². The molecule has 0 radical (unpaired) electrons. The van der Waals surface area contributed by atoms with E-state index >= 15 is 0 Å². The first-order valence-electron chi connectivity index (χ1n) is 12.1. The lowest BCUT2D eigenvalue weighted by Gasteiger charge is -2.41. The van der Waals surface area contributed by atoms with Crippen molar-refractivity contribution >= 4 is 23.4 Å². The first kappa shape index (κ1) is 23.4. The molecule has 0 aromatic heterocycles. The molecule has 2 aliphatic heterocycles. The molecule has 1 saturated carbocycles. The molecule has 1 aliphatic carbocycles. The monoisotopic (exact) mass is 454 g/mol. The Morgan fingerprint density at radius 3 is 2.58 bits per heavy atom. The zero-order chi connectivity index (χ0) is 23.8. The molecule has 0 unspecified atom stereocenters. The molecule has 178 valence electrons. The second-order valence-electron chi connectivity index (χ2n) is 10.1. The number of benzene rings is 1. The summed E-state index contributed by atoms with van der Waals surface area (Å²) in [6, 6.07) is 7.43. The van der Waals surface area contributed by atoms with Gasteiger partial charge in [-0.15, -0.1) is 0 Å². The summed E-state index contributed by atoms with van der Waals surface area (Å²) in [5.41, 5.74) is 1.25. The van der Waals surface area contributed by atoms with Crippen LogP contribution in [0.2, 0.25) is 0 Å². The summed E-state index contributed by atoms with van der Waals surface area (Å²) in [5, 5.41) is 29.2. The highest BCUT2D eigenvalue weighted by atomic mass is 16.4. The van der Waals surface area contributed by atoms with Crippen molar-refractivity contribution in [3.8, 4) is 6.07 Å². The Labute approximate surface area is 195 Å². The second-order valence-corrected chi connectivity index (χ2v) is 10.1. The van der Waals surface area contributed by atoms with Crippen molar-refractivity contribution in [2.45, 2.75) is 77.0 Å². The number of hydrogen-bond acceptors (Lipinski definition) is 5. The highest BCUT2D eigenvalue weighted by Crippen LogP contribution is 2.44. The number of anilines is 2. The Kier molecular flexibility index (Phi) is 6.53. The van der Waals surface area contributed by atoms with Crippen molar-refractivity contribution in [2.75, 3.05) is 29.4 Å². The number of nitrogens with zero attached hydrogens (tertiary/aromatic N) is 4. The van der Waals surface area contributed by atoms with Gasteiger partial charge in [0, 0.05) is 37.4 Å². The van der Waals surface area contributed by atoms with Gasteiger partial charge in [-0.2, -0.15) is 5.26 Å². The number of carbonyl (C=O) groups is 2. The van der Waals surface area contributed by atoms with E-state index in [-0.39, 0.29) is 24.1 Å². The van der Waals surface area contributed by atoms with Gasteiger partial charge < -0.3 is 20.0 Å². The Morgan fingerprint density at radius 2 is 1.94 bits per heavy atom. The SMILES string of the molecule is CC(C)N(C(=O)O)c1ccc(N2CCC[C@]3(CCN([C@H]4CC[C@H](O)CC4)C3=O)C2)c(C#N)c1. The average molecular weight is 455 g/mol. The van der Waals surface area contributed by atoms with E-state index < -0.39 is 11.5 Å². The summed E-state index contributed by atoms with van der Waals surface area (Å²) >= 11 is 0. The van der Waals surface area contributed by atoms with Crippen LogP contribution in [0.1, 0.15) is 64.4 Å². The van der Waals surface area contributed by atoms with E-state index in [4.69, 9.17) is 0 Å². The van der Waals surface area contributed by atoms with E-state index in [0.717, 1.165) is 63.7 Å². The van der Waals surface area contributed by atoms with Gasteiger partial charge in [-0.3, -0.25) is 9.69 Å². The Bertz CT molecular complexity index is 950. The summed E-state index contributed by atoms with van der Waals surface area (Å²) in [6.45, 7) is 5.71. The van der Waals surface area contributed by atoms with Crippen molar-refractivity contribution < 1.29 is 19.8 Å². The molecule has 2 N–H and O–H groups in total. The van der Waals surface area contributed by atoms with Gasteiger partial charge in [0.1, 0.15) is 6.07 Å². The summed E-state index contributed by atoms with van der Waals surface area (Å²) in [4.78, 5) is 30.7. The maximum atomic E-state index is 13.6. The summed E-state index contributed by atoms with van der Waals surface area (Å²) in [6.07, 6.45) is 4.51. The van der Waals surface area contributed by atoms with E-state index in [9.17, 15) is 25.1 Å². The average Bonchev–Trinajstić information content (AvgIpc) is 3.09. The lowest BCUT2D eigenvalue weighted by molar-refractivity contribution is -0.139. The number of aliphatic hydroxyl groups excluding tert-OH is 1. The molecule has 2 heterocycles. The van der Waals surface area contributed by atoms with Crippen LogP contribution in [0.25, 0.3) is 0 Å². The molecular formula is C25H34N4O4. The normalized spacial score (nSPS) is 27.8. The number of carbonyl (C=O) groups excluding carboxylic acids is 1. The first-order chi connectivity index (χ1) is 15.8. The molecule has 4 rings (SSSR count). The molecule has 1 spiro atoms. The zero-order valence-electron chi connectivity index (χ0n) is 19.5. The molecule has 1 aromatic carbocycles. The molecule has 2 amide bonds. The van der Waals surface area contributed by atoms with E-state index in [1.807, 2.05) is 6.07 Å². The molecule has 1 aromatic rings. The standard InChI is InChI=1S/C25H34N4O4/c1-17(2)29(24(32)33)20-6-9-22(18(14-20)15-26)27-12-3-10-25(16-27)11-13-28(23(25)31)19-4-7-21(30)8-5-19/h6,9,14,17,19,21,30H,3-5,7-8,10-13,16H2,1-2H3,(H,32,33)/t19-,21-,25-/m0/s1. The third-order valence-electron chi connectivity index (χ3n) is 7.67. The van der Waals surface area contributed by atoms with E-state index in [0.29, 0.717) is 17.8 Å². The summed E-state index contributed by atoms with van der Waals surface area (Å²) in [7, 11) is 0. The number of carboxylic acid groups (broad SMARTS) is 1. The molecule has 8 nitrogen and oxygen atoms in total. The highest BCUT2D eigenvalue weighted by Gasteiger charge is 2.50. The number of piperidine rings is 1. The second kappa shape index (κ2) is 9.22. The van der Waals surface area contributed by atoms with Crippen molar-refractivity contribution in [3.05, 3.63) is 23.8 Å². The zero-order valence-corrected chi connectivity index (χ0v) is 19.5. The minimum atomic E-state index is -1.05. The maximum absolute atomic E-state index is 13.6. The van der Waals surface area contributed by atoms with E-state index in [1.54, 1.807) is 26.0 Å². The van der Waals surface area contributed by atoms with Crippen molar-refractivity contribution in [1.82, 2.24) is 4.90 Å². The van der Waals surface area contributed by atoms with Gasteiger partial charge in [0.25, 0.3) is 0 Å². The van der Waals surface area contributed by atoms with Crippen LogP contribution in [-0.4, -0.2) is 64.9 Å². The molecule has 8 heteroatoms. The lowest BCUT2D eigenvalue weighted by atomic mass is 9.78. The fourth-order valence-corrected chi connectivity index (χ4v) is 5.95. The third kappa shape index (κ3) is 4.39. The van der Waals surface area contributed by atoms with Crippen molar-refractivity contribution in [1.29, 1.82) is 5.26 Å². The molecular weight excluding hydrogens is 420 g/mol. The van der Waals surface area contributed by atoms with Crippen LogP contribution in [0.3, 0.4) is 0 Å². The highest BCUT2D eigenvalue weighted by molar-refractivity contribution is 5.88. The fourth-order valence-electron chi connectivity index (χ4n) is 5.95. The number of hydrogen-bond donors (Lipinski definition) is 2. The lowest BCUT2D eigenvalue weighted by Crippen LogP contribution is -2.50. The predicted octanol–water partition coefficient (Wildman–Crippen LogP) is 3.57. The van der Waals surface area contributed by atoms with Crippen LogP contribution >= 0.6 is 0 Å². The molecule has 3 aliphatic rings. The van der Waals surface area contributed by atoms with Crippen LogP contribution in [0.5, 0.6) is 0 Å². The van der Waals surface area contributed by atoms with Gasteiger partial charge in [0.15, 0.2) is 0 Å². The number of aliphatic hydroxyl groups is 1. The quantitative estimate of drug-likeness (QED) is 0.720. The molecule has 2 saturated heterocycles. The third-order valence-corrected chi connectivity index (χ3v) is 7.67. The molecule has 0 bridgehead atoms. The Balaban J connectivity index is 1.55. The number of rotatable bonds is 4. The van der Waals surface area contributed by atoms with Crippen LogP contribution in [0.15, 0.2) is 18.2 Å². The van der Waals surface area contributed by atoms with Gasteiger partial charge >= 0.3 is 6.09 Å². The summed E-state index contributed by atoms with van der Waals surface area (Å²) < 4.78 is 0.